The van der Waals surface area contributed by atoms with E-state index < -0.39 is 0 Å². The molecule has 0 heterocycles. The maximum Gasteiger partial charge on any atom is 0.131 e. The minimum atomic E-state index is -0.354. The summed E-state index contributed by atoms with van der Waals surface area (Å²) in [7, 11) is 0. The summed E-state index contributed by atoms with van der Waals surface area (Å²) in [6, 6.07) is 12.5. The lowest BCUT2D eigenvalue weighted by molar-refractivity contribution is 0.300. The maximum absolute atomic E-state index is 13.6. The van der Waals surface area contributed by atoms with Crippen molar-refractivity contribution in [3.63, 3.8) is 0 Å². The van der Waals surface area contributed by atoms with Crippen LogP contribution in [0.25, 0.3) is 0 Å². The highest BCUT2D eigenvalue weighted by molar-refractivity contribution is 6.31. The minimum absolute atomic E-state index is 0.110. The van der Waals surface area contributed by atoms with E-state index in [0.717, 1.165) is 12.8 Å². The molecule has 2 rings (SSSR count). The monoisotopic (exact) mass is 307 g/mol. The van der Waals surface area contributed by atoms with Gasteiger partial charge in [-0.15, -0.1) is 0 Å². The van der Waals surface area contributed by atoms with Crippen LogP contribution in [-0.2, 0) is 13.0 Å². The van der Waals surface area contributed by atoms with E-state index in [1.165, 1.54) is 11.6 Å². The lowest BCUT2D eigenvalue weighted by atomic mass is 10.0. The molecule has 0 aliphatic rings. The van der Waals surface area contributed by atoms with Gasteiger partial charge < -0.3 is 10.5 Å². The molecule has 0 aromatic heterocycles. The quantitative estimate of drug-likeness (QED) is 0.861. The molecule has 0 radical (unpaired) electrons. The number of hydrogen-bond donors (Lipinski definition) is 1. The van der Waals surface area contributed by atoms with Crippen LogP contribution >= 0.6 is 11.6 Å². The smallest absolute Gasteiger partial charge is 0.131 e. The van der Waals surface area contributed by atoms with Crippen molar-refractivity contribution < 1.29 is 9.13 Å². The number of rotatable bonds is 6. The Kier molecular flexibility index (Phi) is 5.59. The third kappa shape index (κ3) is 4.45. The lowest BCUT2D eigenvalue weighted by Crippen LogP contribution is -2.21. The molecule has 2 nitrogen and oxygen atoms in total. The average molecular weight is 308 g/mol. The molecular weight excluding hydrogens is 289 g/mol. The molecule has 1 atom stereocenters. The second kappa shape index (κ2) is 7.43. The molecule has 0 aliphatic heterocycles. The lowest BCUT2D eigenvalue weighted by Gasteiger charge is -2.11. The topological polar surface area (TPSA) is 35.2 Å². The Morgan fingerprint density at radius 2 is 1.90 bits per heavy atom. The van der Waals surface area contributed by atoms with Crippen LogP contribution in [0.4, 0.5) is 4.39 Å². The van der Waals surface area contributed by atoms with Gasteiger partial charge in [-0.2, -0.15) is 0 Å². The van der Waals surface area contributed by atoms with Crippen molar-refractivity contribution in [2.45, 2.75) is 32.4 Å². The summed E-state index contributed by atoms with van der Waals surface area (Å²) >= 11 is 5.96. The van der Waals surface area contributed by atoms with Crippen LogP contribution in [0.2, 0.25) is 5.02 Å². The minimum Gasteiger partial charge on any atom is -0.489 e. The maximum atomic E-state index is 13.6. The zero-order chi connectivity index (χ0) is 15.2. The molecule has 0 amide bonds. The first-order chi connectivity index (χ1) is 10.1. The number of halogens is 2. The number of benzene rings is 2. The summed E-state index contributed by atoms with van der Waals surface area (Å²) in [6.07, 6.45) is 1.79. The van der Waals surface area contributed by atoms with Crippen LogP contribution in [0.15, 0.2) is 42.5 Å². The molecule has 0 aliphatic carbocycles. The van der Waals surface area contributed by atoms with Crippen LogP contribution < -0.4 is 10.5 Å². The summed E-state index contributed by atoms with van der Waals surface area (Å²) in [5, 5.41) is 0.375. The van der Waals surface area contributed by atoms with E-state index in [4.69, 9.17) is 22.1 Å². The summed E-state index contributed by atoms with van der Waals surface area (Å²) < 4.78 is 19.2. The molecule has 2 aromatic carbocycles. The highest BCUT2D eigenvalue weighted by atomic mass is 35.5. The zero-order valence-corrected chi connectivity index (χ0v) is 12.7. The van der Waals surface area contributed by atoms with Crippen LogP contribution in [0.1, 0.15) is 24.5 Å². The highest BCUT2D eigenvalue weighted by Crippen LogP contribution is 2.22. The van der Waals surface area contributed by atoms with Crippen molar-refractivity contribution in [3.8, 4) is 5.75 Å². The molecule has 0 spiro atoms. The number of hydrogen-bond acceptors (Lipinski definition) is 2. The van der Waals surface area contributed by atoms with Gasteiger partial charge >= 0.3 is 0 Å². The van der Waals surface area contributed by atoms with Gasteiger partial charge in [0.2, 0.25) is 0 Å². The van der Waals surface area contributed by atoms with Gasteiger partial charge in [0.15, 0.2) is 0 Å². The standard InChI is InChI=1S/C17H19ClFNO/c1-2-13(20)10-12-6-8-14(9-7-12)21-11-15-16(18)4-3-5-17(15)19/h3-9,13H,2,10-11,20H2,1H3. The van der Waals surface area contributed by atoms with Crippen LogP contribution in [0, 0.1) is 5.82 Å². The van der Waals surface area contributed by atoms with Gasteiger partial charge in [-0.05, 0) is 42.7 Å². The fourth-order valence-corrected chi connectivity index (χ4v) is 2.21. The Morgan fingerprint density at radius 3 is 2.52 bits per heavy atom. The van der Waals surface area contributed by atoms with Gasteiger partial charge in [-0.3, -0.25) is 0 Å². The third-order valence-corrected chi connectivity index (χ3v) is 3.74. The largest absolute Gasteiger partial charge is 0.489 e. The molecule has 4 heteroatoms. The molecule has 21 heavy (non-hydrogen) atoms. The van der Waals surface area contributed by atoms with Gasteiger partial charge in [-0.1, -0.05) is 36.7 Å². The summed E-state index contributed by atoms with van der Waals surface area (Å²) in [4.78, 5) is 0. The van der Waals surface area contributed by atoms with E-state index >= 15 is 0 Å². The van der Waals surface area contributed by atoms with E-state index in [9.17, 15) is 4.39 Å². The second-order valence-corrected chi connectivity index (χ2v) is 5.41. The van der Waals surface area contributed by atoms with E-state index in [1.807, 2.05) is 24.3 Å². The van der Waals surface area contributed by atoms with Crippen LogP contribution in [0.5, 0.6) is 5.75 Å². The molecule has 1 unspecified atom stereocenters. The van der Waals surface area contributed by atoms with Crippen molar-refractivity contribution in [3.05, 3.63) is 64.4 Å². The Hall–Kier alpha value is -1.58. The molecule has 0 saturated carbocycles. The van der Waals surface area contributed by atoms with Crippen molar-refractivity contribution in [1.29, 1.82) is 0 Å². The molecular formula is C17H19ClFNO. The van der Waals surface area contributed by atoms with Gasteiger partial charge in [0.25, 0.3) is 0 Å². The molecule has 112 valence electrons. The Balaban J connectivity index is 1.98. The first kappa shape index (κ1) is 15.8. The van der Waals surface area contributed by atoms with Gasteiger partial charge in [0.05, 0.1) is 5.02 Å². The highest BCUT2D eigenvalue weighted by Gasteiger charge is 2.08. The molecule has 0 saturated heterocycles. The summed E-state index contributed by atoms with van der Waals surface area (Å²) in [5.41, 5.74) is 7.46. The Bertz CT molecular complexity index is 566. The van der Waals surface area contributed by atoms with Gasteiger partial charge in [0, 0.05) is 11.6 Å². The van der Waals surface area contributed by atoms with E-state index in [1.54, 1.807) is 12.1 Å². The van der Waals surface area contributed by atoms with Gasteiger partial charge in [0.1, 0.15) is 18.2 Å². The Labute approximate surface area is 129 Å². The van der Waals surface area contributed by atoms with Crippen molar-refractivity contribution in [2.75, 3.05) is 0 Å². The fourth-order valence-electron chi connectivity index (χ4n) is 1.99. The molecule has 0 fully saturated rings. The van der Waals surface area contributed by atoms with E-state index in [-0.39, 0.29) is 18.5 Å². The van der Waals surface area contributed by atoms with Crippen molar-refractivity contribution in [2.24, 2.45) is 5.73 Å². The van der Waals surface area contributed by atoms with E-state index in [0.29, 0.717) is 16.3 Å². The predicted molar refractivity (Wildman–Crippen MR) is 84.2 cm³/mol. The summed E-state index contributed by atoms with van der Waals surface area (Å²) in [6.45, 7) is 2.18. The number of ether oxygens (including phenoxy) is 1. The predicted octanol–water partition coefficient (Wildman–Crippen LogP) is 4.34. The normalized spacial score (nSPS) is 12.2. The third-order valence-electron chi connectivity index (χ3n) is 3.39. The second-order valence-electron chi connectivity index (χ2n) is 5.01. The SMILES string of the molecule is CCC(N)Cc1ccc(OCc2c(F)cccc2Cl)cc1. The van der Waals surface area contributed by atoms with Crippen molar-refractivity contribution in [1.82, 2.24) is 0 Å². The van der Waals surface area contributed by atoms with Crippen LogP contribution in [0.3, 0.4) is 0 Å². The van der Waals surface area contributed by atoms with Crippen molar-refractivity contribution >= 4 is 11.6 Å². The summed E-state index contributed by atoms with van der Waals surface area (Å²) in [5.74, 6) is 0.330. The average Bonchev–Trinajstić information content (AvgIpc) is 2.48. The molecule has 2 N–H and O–H groups in total. The molecule has 0 bridgehead atoms. The zero-order valence-electron chi connectivity index (χ0n) is 12.0. The first-order valence-electron chi connectivity index (χ1n) is 7.00. The van der Waals surface area contributed by atoms with Crippen LogP contribution in [-0.4, -0.2) is 6.04 Å². The number of nitrogens with two attached hydrogens (primary N) is 1. The fraction of sp³-hybridized carbons (Fsp3) is 0.294. The van der Waals surface area contributed by atoms with Gasteiger partial charge in [-0.25, -0.2) is 4.39 Å². The van der Waals surface area contributed by atoms with E-state index in [2.05, 4.69) is 6.92 Å². The Morgan fingerprint density at radius 1 is 1.19 bits per heavy atom. The first-order valence-corrected chi connectivity index (χ1v) is 7.38. The molecule has 2 aromatic rings.